The summed E-state index contributed by atoms with van der Waals surface area (Å²) in [5.41, 5.74) is 3.37. The molecule has 2 N–H and O–H groups in total. The zero-order valence-electron chi connectivity index (χ0n) is 14.6. The number of amides is 1. The number of carbonyl (C=O) groups is 1. The van der Waals surface area contributed by atoms with Crippen molar-refractivity contribution < 1.29 is 4.79 Å². The number of rotatable bonds is 5. The molecule has 0 bridgehead atoms. The van der Waals surface area contributed by atoms with Crippen molar-refractivity contribution in [3.63, 3.8) is 0 Å². The third kappa shape index (κ3) is 4.58. The van der Waals surface area contributed by atoms with Gasteiger partial charge in [-0.15, -0.1) is 0 Å². The average molecular weight is 367 g/mol. The molecule has 0 aliphatic carbocycles. The minimum absolute atomic E-state index is 0.238. The standard InChI is InChI=1S/C20H19ClN4O/c1-13-5-3-4-6-15(13)12-22-20(26)18-11-19(24-14(2)23-18)25-17-9-7-16(21)8-10-17/h3-11H,12H2,1-2H3,(H,22,26)(H,23,24,25). The second-order valence-corrected chi connectivity index (χ2v) is 6.36. The first-order chi connectivity index (χ1) is 12.5. The lowest BCUT2D eigenvalue weighted by atomic mass is 10.1. The lowest BCUT2D eigenvalue weighted by molar-refractivity contribution is 0.0945. The molecule has 26 heavy (non-hydrogen) atoms. The lowest BCUT2D eigenvalue weighted by Gasteiger charge is -2.10. The van der Waals surface area contributed by atoms with Crippen molar-refractivity contribution in [2.45, 2.75) is 20.4 Å². The molecule has 0 radical (unpaired) electrons. The molecule has 3 rings (SSSR count). The molecule has 1 aromatic heterocycles. The summed E-state index contributed by atoms with van der Waals surface area (Å²) in [7, 11) is 0. The third-order valence-corrected chi connectivity index (χ3v) is 4.14. The molecule has 2 aromatic carbocycles. The van der Waals surface area contributed by atoms with Gasteiger partial charge in [-0.2, -0.15) is 0 Å². The number of nitrogens with zero attached hydrogens (tertiary/aromatic N) is 2. The number of carbonyl (C=O) groups excluding carboxylic acids is 1. The van der Waals surface area contributed by atoms with E-state index in [-0.39, 0.29) is 5.91 Å². The summed E-state index contributed by atoms with van der Waals surface area (Å²) in [4.78, 5) is 21.1. The fourth-order valence-electron chi connectivity index (χ4n) is 2.50. The number of halogens is 1. The van der Waals surface area contributed by atoms with Crippen LogP contribution in [0.4, 0.5) is 11.5 Å². The quantitative estimate of drug-likeness (QED) is 0.701. The summed E-state index contributed by atoms with van der Waals surface area (Å²) in [6, 6.07) is 16.8. The molecule has 1 heterocycles. The Morgan fingerprint density at radius 1 is 1.04 bits per heavy atom. The van der Waals surface area contributed by atoms with Crippen molar-refractivity contribution in [3.8, 4) is 0 Å². The maximum atomic E-state index is 12.5. The highest BCUT2D eigenvalue weighted by Crippen LogP contribution is 2.18. The molecule has 0 fully saturated rings. The van der Waals surface area contributed by atoms with Crippen LogP contribution in [0.25, 0.3) is 0 Å². The van der Waals surface area contributed by atoms with Crippen LogP contribution in [-0.2, 0) is 6.54 Å². The molecular formula is C20H19ClN4O. The van der Waals surface area contributed by atoms with Gasteiger partial charge in [0.1, 0.15) is 17.3 Å². The van der Waals surface area contributed by atoms with Crippen LogP contribution in [0, 0.1) is 13.8 Å². The minimum Gasteiger partial charge on any atom is -0.347 e. The second-order valence-electron chi connectivity index (χ2n) is 5.93. The normalized spacial score (nSPS) is 10.4. The number of nitrogens with one attached hydrogen (secondary N) is 2. The molecule has 1 amide bonds. The summed E-state index contributed by atoms with van der Waals surface area (Å²) in [6.45, 7) is 4.23. The van der Waals surface area contributed by atoms with E-state index in [1.54, 1.807) is 25.1 Å². The monoisotopic (exact) mass is 366 g/mol. The largest absolute Gasteiger partial charge is 0.347 e. The zero-order chi connectivity index (χ0) is 18.5. The smallest absolute Gasteiger partial charge is 0.270 e. The van der Waals surface area contributed by atoms with E-state index in [0.29, 0.717) is 28.9 Å². The van der Waals surface area contributed by atoms with E-state index in [1.807, 2.05) is 43.3 Å². The lowest BCUT2D eigenvalue weighted by Crippen LogP contribution is -2.24. The maximum absolute atomic E-state index is 12.5. The fourth-order valence-corrected chi connectivity index (χ4v) is 2.63. The van der Waals surface area contributed by atoms with E-state index >= 15 is 0 Å². The molecule has 0 spiro atoms. The van der Waals surface area contributed by atoms with Crippen molar-refractivity contribution in [1.29, 1.82) is 0 Å². The average Bonchev–Trinajstić information content (AvgIpc) is 2.62. The first kappa shape index (κ1) is 17.9. The zero-order valence-corrected chi connectivity index (χ0v) is 15.3. The van der Waals surface area contributed by atoms with Crippen LogP contribution >= 0.6 is 11.6 Å². The highest BCUT2D eigenvalue weighted by atomic mass is 35.5. The topological polar surface area (TPSA) is 66.9 Å². The minimum atomic E-state index is -0.238. The van der Waals surface area contributed by atoms with Crippen LogP contribution in [-0.4, -0.2) is 15.9 Å². The predicted molar refractivity (Wildman–Crippen MR) is 104 cm³/mol. The van der Waals surface area contributed by atoms with Crippen LogP contribution in [0.15, 0.2) is 54.6 Å². The number of benzene rings is 2. The van der Waals surface area contributed by atoms with Gasteiger partial charge in [-0.25, -0.2) is 9.97 Å². The highest BCUT2D eigenvalue weighted by Gasteiger charge is 2.11. The first-order valence-corrected chi connectivity index (χ1v) is 8.60. The van der Waals surface area contributed by atoms with Gasteiger partial charge in [0, 0.05) is 23.3 Å². The molecule has 5 nitrogen and oxygen atoms in total. The van der Waals surface area contributed by atoms with E-state index in [9.17, 15) is 4.79 Å². The van der Waals surface area contributed by atoms with Gasteiger partial charge >= 0.3 is 0 Å². The van der Waals surface area contributed by atoms with Gasteiger partial charge in [0.2, 0.25) is 0 Å². The summed E-state index contributed by atoms with van der Waals surface area (Å²) >= 11 is 5.90. The summed E-state index contributed by atoms with van der Waals surface area (Å²) in [6.07, 6.45) is 0. The number of aromatic nitrogens is 2. The molecule has 0 saturated carbocycles. The molecule has 3 aromatic rings. The van der Waals surface area contributed by atoms with Crippen LogP contribution in [0.1, 0.15) is 27.4 Å². The van der Waals surface area contributed by atoms with E-state index in [4.69, 9.17) is 11.6 Å². The van der Waals surface area contributed by atoms with Crippen LogP contribution in [0.3, 0.4) is 0 Å². The Kier molecular flexibility index (Phi) is 5.49. The van der Waals surface area contributed by atoms with Gasteiger partial charge in [0.25, 0.3) is 5.91 Å². The second kappa shape index (κ2) is 7.97. The molecular weight excluding hydrogens is 348 g/mol. The highest BCUT2D eigenvalue weighted by molar-refractivity contribution is 6.30. The maximum Gasteiger partial charge on any atom is 0.270 e. The van der Waals surface area contributed by atoms with Gasteiger partial charge < -0.3 is 10.6 Å². The van der Waals surface area contributed by atoms with Crippen LogP contribution < -0.4 is 10.6 Å². The Hall–Kier alpha value is -2.92. The van der Waals surface area contributed by atoms with Gasteiger partial charge in [-0.3, -0.25) is 4.79 Å². The molecule has 0 atom stereocenters. The van der Waals surface area contributed by atoms with Crippen LogP contribution in [0.5, 0.6) is 0 Å². The van der Waals surface area contributed by atoms with Gasteiger partial charge in [0.15, 0.2) is 0 Å². The van der Waals surface area contributed by atoms with Gasteiger partial charge in [-0.05, 0) is 49.2 Å². The Morgan fingerprint density at radius 2 is 1.77 bits per heavy atom. The van der Waals surface area contributed by atoms with Crippen molar-refractivity contribution in [3.05, 3.63) is 82.3 Å². The summed E-state index contributed by atoms with van der Waals surface area (Å²) in [5, 5.41) is 6.73. The van der Waals surface area contributed by atoms with E-state index in [1.165, 1.54) is 0 Å². The summed E-state index contributed by atoms with van der Waals surface area (Å²) < 4.78 is 0. The van der Waals surface area contributed by atoms with Crippen molar-refractivity contribution in [2.75, 3.05) is 5.32 Å². The van der Waals surface area contributed by atoms with Crippen molar-refractivity contribution in [1.82, 2.24) is 15.3 Å². The number of anilines is 2. The molecule has 0 saturated heterocycles. The Morgan fingerprint density at radius 3 is 2.50 bits per heavy atom. The number of hydrogen-bond acceptors (Lipinski definition) is 4. The summed E-state index contributed by atoms with van der Waals surface area (Å²) in [5.74, 6) is 0.837. The van der Waals surface area contributed by atoms with Gasteiger partial charge in [0.05, 0.1) is 0 Å². The van der Waals surface area contributed by atoms with Crippen molar-refractivity contribution >= 4 is 29.0 Å². The molecule has 0 aliphatic rings. The van der Waals surface area contributed by atoms with E-state index in [0.717, 1.165) is 16.8 Å². The first-order valence-electron chi connectivity index (χ1n) is 8.22. The molecule has 132 valence electrons. The third-order valence-electron chi connectivity index (χ3n) is 3.89. The number of hydrogen-bond donors (Lipinski definition) is 2. The van der Waals surface area contributed by atoms with E-state index < -0.39 is 0 Å². The Balaban J connectivity index is 1.73. The van der Waals surface area contributed by atoms with E-state index in [2.05, 4.69) is 20.6 Å². The van der Waals surface area contributed by atoms with Crippen molar-refractivity contribution in [2.24, 2.45) is 0 Å². The SMILES string of the molecule is Cc1nc(Nc2ccc(Cl)cc2)cc(C(=O)NCc2ccccc2C)n1. The number of aryl methyl sites for hydroxylation is 2. The molecule has 6 heteroatoms. The molecule has 0 aliphatic heterocycles. The fraction of sp³-hybridized carbons (Fsp3) is 0.150. The predicted octanol–water partition coefficient (Wildman–Crippen LogP) is 4.42. The van der Waals surface area contributed by atoms with Gasteiger partial charge in [-0.1, -0.05) is 35.9 Å². The molecule has 0 unspecified atom stereocenters. The Labute approximate surface area is 157 Å². The van der Waals surface area contributed by atoms with Crippen LogP contribution in [0.2, 0.25) is 5.02 Å². The Bertz CT molecular complexity index is 925.